The van der Waals surface area contributed by atoms with Gasteiger partial charge in [0.25, 0.3) is 0 Å². The van der Waals surface area contributed by atoms with Gasteiger partial charge in [0.05, 0.1) is 13.2 Å². The fourth-order valence-electron chi connectivity index (χ4n) is 2.95. The van der Waals surface area contributed by atoms with Gasteiger partial charge in [0.15, 0.2) is 0 Å². The average molecular weight is 394 g/mol. The maximum absolute atomic E-state index is 10.5. The summed E-state index contributed by atoms with van der Waals surface area (Å²) in [6.07, 6.45) is 4.65. The number of nitrogens with zero attached hydrogens (tertiary/aromatic N) is 4. The number of carbonyl (C=O) groups is 1. The Morgan fingerprint density at radius 1 is 0.966 bits per heavy atom. The van der Waals surface area contributed by atoms with Gasteiger partial charge in [-0.1, -0.05) is 30.3 Å². The Morgan fingerprint density at radius 2 is 1.76 bits per heavy atom. The number of benzene rings is 2. The summed E-state index contributed by atoms with van der Waals surface area (Å²) in [5.41, 5.74) is 2.23. The molecule has 7 heteroatoms. The normalized spacial score (nSPS) is 10.8. The number of hydrogen-bond acceptors (Lipinski definition) is 5. The minimum atomic E-state index is -0.782. The van der Waals surface area contributed by atoms with Crippen LogP contribution in [0.25, 0.3) is 11.4 Å². The fourth-order valence-corrected chi connectivity index (χ4v) is 2.95. The summed E-state index contributed by atoms with van der Waals surface area (Å²) < 4.78 is 5.82. The van der Waals surface area contributed by atoms with Crippen LogP contribution >= 0.6 is 0 Å². The molecule has 152 valence electrons. The lowest BCUT2D eigenvalue weighted by Gasteiger charge is -2.06. The van der Waals surface area contributed by atoms with Crippen molar-refractivity contribution < 1.29 is 14.6 Å². The van der Waals surface area contributed by atoms with E-state index in [0.29, 0.717) is 31.8 Å². The molecule has 29 heavy (non-hydrogen) atoms. The van der Waals surface area contributed by atoms with E-state index in [1.54, 1.807) is 0 Å². The second-order valence-corrected chi connectivity index (χ2v) is 6.88. The van der Waals surface area contributed by atoms with E-state index >= 15 is 0 Å². The fraction of sp³-hybridized carbons (Fsp3) is 0.364. The van der Waals surface area contributed by atoms with Crippen LogP contribution in [0.15, 0.2) is 54.6 Å². The van der Waals surface area contributed by atoms with Crippen molar-refractivity contribution in [3.05, 3.63) is 60.2 Å². The maximum atomic E-state index is 10.5. The molecule has 0 saturated carbocycles. The van der Waals surface area contributed by atoms with Crippen molar-refractivity contribution in [1.29, 1.82) is 0 Å². The molecule has 0 aliphatic heterocycles. The number of unbranched alkanes of at least 4 members (excludes halogenated alkanes) is 2. The molecule has 0 amide bonds. The molecule has 0 aliphatic carbocycles. The first-order valence-corrected chi connectivity index (χ1v) is 9.97. The third-order valence-corrected chi connectivity index (χ3v) is 4.54. The molecule has 1 heterocycles. The van der Waals surface area contributed by atoms with Crippen molar-refractivity contribution in [3.63, 3.8) is 0 Å². The van der Waals surface area contributed by atoms with Gasteiger partial charge in [-0.3, -0.25) is 4.79 Å². The topological polar surface area (TPSA) is 90.1 Å². The molecular weight excluding hydrogens is 368 g/mol. The molecule has 0 atom stereocenters. The molecule has 0 bridgehead atoms. The highest BCUT2D eigenvalue weighted by molar-refractivity contribution is 5.66. The summed E-state index contributed by atoms with van der Waals surface area (Å²) in [6.45, 7) is 1.25. The highest BCUT2D eigenvalue weighted by Gasteiger charge is 2.07. The SMILES string of the molecule is O=C(O)CCCCn1nnc(-c2ccc(OCCCCc3ccccc3)cc2)n1. The van der Waals surface area contributed by atoms with Crippen molar-refractivity contribution in [2.24, 2.45) is 0 Å². The number of tetrazole rings is 1. The molecule has 0 aliphatic rings. The third-order valence-electron chi connectivity index (χ3n) is 4.54. The molecule has 0 unspecified atom stereocenters. The Hall–Kier alpha value is -3.22. The Morgan fingerprint density at radius 3 is 2.52 bits per heavy atom. The van der Waals surface area contributed by atoms with Crippen LogP contribution in [0.4, 0.5) is 0 Å². The largest absolute Gasteiger partial charge is 0.494 e. The molecule has 0 spiro atoms. The van der Waals surface area contributed by atoms with E-state index in [2.05, 4.69) is 39.7 Å². The van der Waals surface area contributed by atoms with Crippen LogP contribution in [0.3, 0.4) is 0 Å². The van der Waals surface area contributed by atoms with E-state index < -0.39 is 5.97 Å². The van der Waals surface area contributed by atoms with E-state index in [4.69, 9.17) is 9.84 Å². The third kappa shape index (κ3) is 7.03. The summed E-state index contributed by atoms with van der Waals surface area (Å²) >= 11 is 0. The van der Waals surface area contributed by atoms with Crippen LogP contribution in [-0.4, -0.2) is 37.9 Å². The first-order valence-electron chi connectivity index (χ1n) is 9.97. The molecule has 0 radical (unpaired) electrons. The van der Waals surface area contributed by atoms with Crippen LogP contribution in [0.1, 0.15) is 37.7 Å². The number of aromatic nitrogens is 4. The van der Waals surface area contributed by atoms with E-state index in [1.165, 1.54) is 10.4 Å². The van der Waals surface area contributed by atoms with Crippen LogP contribution in [0, 0.1) is 0 Å². The van der Waals surface area contributed by atoms with Gasteiger partial charge in [-0.25, -0.2) is 0 Å². The highest BCUT2D eigenvalue weighted by atomic mass is 16.5. The molecule has 1 aromatic heterocycles. The van der Waals surface area contributed by atoms with Gasteiger partial charge in [-0.2, -0.15) is 4.80 Å². The number of carboxylic acid groups (broad SMARTS) is 1. The van der Waals surface area contributed by atoms with Crippen LogP contribution in [0.5, 0.6) is 5.75 Å². The Labute approximate surface area is 170 Å². The van der Waals surface area contributed by atoms with Crippen molar-refractivity contribution >= 4 is 5.97 Å². The lowest BCUT2D eigenvalue weighted by molar-refractivity contribution is -0.137. The minimum Gasteiger partial charge on any atom is -0.494 e. The zero-order valence-corrected chi connectivity index (χ0v) is 16.4. The van der Waals surface area contributed by atoms with Crippen molar-refractivity contribution in [2.75, 3.05) is 6.61 Å². The molecule has 7 nitrogen and oxygen atoms in total. The van der Waals surface area contributed by atoms with Gasteiger partial charge in [0, 0.05) is 12.0 Å². The van der Waals surface area contributed by atoms with E-state index in [9.17, 15) is 4.79 Å². The minimum absolute atomic E-state index is 0.162. The molecule has 3 rings (SSSR count). The van der Waals surface area contributed by atoms with Crippen LogP contribution in [-0.2, 0) is 17.8 Å². The highest BCUT2D eigenvalue weighted by Crippen LogP contribution is 2.19. The number of carboxylic acids is 1. The second kappa shape index (κ2) is 10.9. The van der Waals surface area contributed by atoms with Gasteiger partial charge < -0.3 is 9.84 Å². The lowest BCUT2D eigenvalue weighted by atomic mass is 10.1. The summed E-state index contributed by atoms with van der Waals surface area (Å²) in [6, 6.07) is 18.2. The van der Waals surface area contributed by atoms with E-state index in [0.717, 1.165) is 30.6 Å². The monoisotopic (exact) mass is 394 g/mol. The molecule has 0 saturated heterocycles. The quantitative estimate of drug-likeness (QED) is 0.467. The molecular formula is C22H26N4O3. The molecule has 2 aromatic carbocycles. The van der Waals surface area contributed by atoms with Gasteiger partial charge in [0.1, 0.15) is 5.75 Å². The predicted octanol–water partition coefficient (Wildman–Crippen LogP) is 4.00. The molecule has 0 fully saturated rings. The maximum Gasteiger partial charge on any atom is 0.303 e. The van der Waals surface area contributed by atoms with Crippen molar-refractivity contribution in [3.8, 4) is 17.1 Å². The Kier molecular flexibility index (Phi) is 7.74. The lowest BCUT2D eigenvalue weighted by Crippen LogP contribution is -2.04. The second-order valence-electron chi connectivity index (χ2n) is 6.88. The Balaban J connectivity index is 1.39. The summed E-state index contributed by atoms with van der Waals surface area (Å²) in [5.74, 6) is 0.600. The zero-order valence-electron chi connectivity index (χ0n) is 16.4. The zero-order chi connectivity index (χ0) is 20.3. The summed E-state index contributed by atoms with van der Waals surface area (Å²) in [4.78, 5) is 12.0. The van der Waals surface area contributed by atoms with E-state index in [-0.39, 0.29) is 6.42 Å². The molecule has 1 N–H and O–H groups in total. The number of hydrogen-bond donors (Lipinski definition) is 1. The van der Waals surface area contributed by atoms with Crippen molar-refractivity contribution in [1.82, 2.24) is 20.2 Å². The van der Waals surface area contributed by atoms with Crippen LogP contribution in [0.2, 0.25) is 0 Å². The Bertz CT molecular complexity index is 879. The summed E-state index contributed by atoms with van der Waals surface area (Å²) in [7, 11) is 0. The summed E-state index contributed by atoms with van der Waals surface area (Å²) in [5, 5.41) is 21.1. The average Bonchev–Trinajstić information content (AvgIpc) is 3.21. The first kappa shape index (κ1) is 20.5. The molecule has 3 aromatic rings. The first-order chi connectivity index (χ1) is 14.2. The number of aryl methyl sites for hydroxylation is 2. The van der Waals surface area contributed by atoms with Gasteiger partial charge in [0.2, 0.25) is 5.82 Å². The predicted molar refractivity (Wildman–Crippen MR) is 110 cm³/mol. The number of rotatable bonds is 12. The van der Waals surface area contributed by atoms with Gasteiger partial charge in [-0.15, -0.1) is 10.2 Å². The standard InChI is InChI=1S/C22H26N4O3/c27-21(28)11-4-6-16-26-24-22(23-25-26)19-12-14-20(15-13-19)29-17-7-5-10-18-8-2-1-3-9-18/h1-3,8-9,12-15H,4-7,10-11,16-17H2,(H,27,28). The van der Waals surface area contributed by atoms with E-state index in [1.807, 2.05) is 30.3 Å². The number of aliphatic carboxylic acids is 1. The van der Waals surface area contributed by atoms with Gasteiger partial charge >= 0.3 is 5.97 Å². The number of ether oxygens (including phenoxy) is 1. The van der Waals surface area contributed by atoms with Gasteiger partial charge in [-0.05, 0) is 67.1 Å². The van der Waals surface area contributed by atoms with Crippen molar-refractivity contribution in [2.45, 2.75) is 45.1 Å². The smallest absolute Gasteiger partial charge is 0.303 e. The van der Waals surface area contributed by atoms with Crippen LogP contribution < -0.4 is 4.74 Å².